The van der Waals surface area contributed by atoms with Gasteiger partial charge in [0.15, 0.2) is 0 Å². The Morgan fingerprint density at radius 2 is 1.71 bits per heavy atom. The Labute approximate surface area is 210 Å². The number of carbonyl (C=O) groups is 1. The number of rotatable bonds is 5. The molecule has 1 aliphatic heterocycles. The Kier molecular flexibility index (Phi) is 9.05. The van der Waals surface area contributed by atoms with Crippen molar-refractivity contribution in [1.82, 2.24) is 4.90 Å². The molecular formula is C29H46N2O2S. The van der Waals surface area contributed by atoms with Crippen molar-refractivity contribution in [1.29, 1.82) is 0 Å². The Hall–Kier alpha value is -1.62. The van der Waals surface area contributed by atoms with E-state index >= 15 is 0 Å². The summed E-state index contributed by atoms with van der Waals surface area (Å²) in [6, 6.07) is 11.0. The van der Waals surface area contributed by atoms with Crippen LogP contribution in [-0.2, 0) is 4.74 Å². The molecule has 4 nitrogen and oxygen atoms in total. The van der Waals surface area contributed by atoms with Gasteiger partial charge in [-0.3, -0.25) is 4.90 Å². The van der Waals surface area contributed by atoms with Crippen molar-refractivity contribution in [2.24, 2.45) is 10.3 Å². The van der Waals surface area contributed by atoms with E-state index < -0.39 is 5.60 Å². The lowest BCUT2D eigenvalue weighted by Gasteiger charge is -2.39. The van der Waals surface area contributed by atoms with Crippen LogP contribution in [0.25, 0.3) is 0 Å². The molecular weight excluding hydrogens is 440 g/mol. The maximum Gasteiger partial charge on any atom is 0.410 e. The Bertz CT molecular complexity index is 858. The zero-order chi connectivity index (χ0) is 24.9. The number of likely N-dealkylation sites (tertiary alicyclic amines) is 1. The summed E-state index contributed by atoms with van der Waals surface area (Å²) in [6.07, 6.45) is 8.89. The molecule has 1 heterocycles. The van der Waals surface area contributed by atoms with Crippen LogP contribution in [0.1, 0.15) is 104 Å². The molecule has 2 unspecified atom stereocenters. The number of piperidine rings is 1. The fraction of sp³-hybridized carbons (Fsp3) is 0.690. The fourth-order valence-electron chi connectivity index (χ4n) is 5.08. The molecule has 0 aromatic heterocycles. The van der Waals surface area contributed by atoms with Crippen LogP contribution >= 0.6 is 10.7 Å². The third-order valence-corrected chi connectivity index (χ3v) is 8.99. The molecule has 1 aliphatic carbocycles. The van der Waals surface area contributed by atoms with Crippen molar-refractivity contribution in [2.75, 3.05) is 6.54 Å². The van der Waals surface area contributed by atoms with E-state index in [1.54, 1.807) is 0 Å². The number of hydrogen-bond donors (Lipinski definition) is 0. The minimum absolute atomic E-state index is 0.0293. The lowest BCUT2D eigenvalue weighted by Crippen LogP contribution is -2.50. The first-order chi connectivity index (χ1) is 15.9. The van der Waals surface area contributed by atoms with E-state index in [-0.39, 0.29) is 27.6 Å². The van der Waals surface area contributed by atoms with Crippen LogP contribution in [0.2, 0.25) is 0 Å². The predicted octanol–water partition coefficient (Wildman–Crippen LogP) is 8.00. The molecule has 0 N–H and O–H groups in total. The summed E-state index contributed by atoms with van der Waals surface area (Å²) >= 11 is 0. The Morgan fingerprint density at radius 1 is 1.06 bits per heavy atom. The SMILES string of the molecule is C=S(/N=C1/CCCN(C(=O)OC(C)(C)C)C1CCC1CCC(c2ccccc2)CC1)C(C)(C)C. The summed E-state index contributed by atoms with van der Waals surface area (Å²) in [5.74, 6) is 5.78. The summed E-state index contributed by atoms with van der Waals surface area (Å²) < 4.78 is 10.9. The average Bonchev–Trinajstić information content (AvgIpc) is 2.77. The van der Waals surface area contributed by atoms with Crippen LogP contribution < -0.4 is 0 Å². The van der Waals surface area contributed by atoms with Gasteiger partial charge in [-0.05, 0) is 110 Å². The minimum atomic E-state index is -0.492. The van der Waals surface area contributed by atoms with Crippen molar-refractivity contribution in [3.8, 4) is 0 Å². The van der Waals surface area contributed by atoms with Gasteiger partial charge in [0.1, 0.15) is 5.60 Å². The Balaban J connectivity index is 1.69. The van der Waals surface area contributed by atoms with Crippen molar-refractivity contribution in [3.63, 3.8) is 0 Å². The summed E-state index contributed by atoms with van der Waals surface area (Å²) in [5.41, 5.74) is 2.15. The molecule has 2 aliphatic rings. The number of carbonyl (C=O) groups excluding carboxylic acids is 1. The predicted molar refractivity (Wildman–Crippen MR) is 148 cm³/mol. The molecule has 2 fully saturated rings. The molecule has 34 heavy (non-hydrogen) atoms. The maximum absolute atomic E-state index is 13.1. The van der Waals surface area contributed by atoms with Gasteiger partial charge in [0.05, 0.1) is 6.04 Å². The molecule has 0 bridgehead atoms. The highest BCUT2D eigenvalue weighted by Gasteiger charge is 2.35. The van der Waals surface area contributed by atoms with Gasteiger partial charge in [-0.25, -0.2) is 9.19 Å². The molecule has 1 saturated heterocycles. The van der Waals surface area contributed by atoms with Crippen molar-refractivity contribution < 1.29 is 9.53 Å². The second-order valence-corrected chi connectivity index (χ2v) is 14.2. The van der Waals surface area contributed by atoms with Gasteiger partial charge in [-0.15, -0.1) is 0 Å². The number of hydrogen-bond acceptors (Lipinski definition) is 3. The van der Waals surface area contributed by atoms with Gasteiger partial charge in [0, 0.05) is 17.0 Å². The molecule has 2 atom stereocenters. The number of ether oxygens (including phenoxy) is 1. The third kappa shape index (κ3) is 7.69. The molecule has 3 rings (SSSR count). The smallest absolute Gasteiger partial charge is 0.410 e. The first kappa shape index (κ1) is 27.0. The zero-order valence-electron chi connectivity index (χ0n) is 22.3. The van der Waals surface area contributed by atoms with Gasteiger partial charge < -0.3 is 4.74 Å². The van der Waals surface area contributed by atoms with E-state index in [1.807, 2.05) is 25.7 Å². The second kappa shape index (κ2) is 11.4. The van der Waals surface area contributed by atoms with Gasteiger partial charge in [-0.1, -0.05) is 46.9 Å². The van der Waals surface area contributed by atoms with E-state index in [4.69, 9.17) is 9.13 Å². The minimum Gasteiger partial charge on any atom is -0.444 e. The standard InChI is InChI=1S/C29H46N2O2S/c1-28(2,3)33-27(32)31-21-11-14-25(30-34(7)29(4,5)6)26(31)20-17-22-15-18-24(19-16-22)23-12-9-8-10-13-23/h8-10,12-13,22,24,26H,7,11,14-21H2,1-6H3/b30-25-. The summed E-state index contributed by atoms with van der Waals surface area (Å²) in [7, 11) is -0.328. The second-order valence-electron chi connectivity index (χ2n) is 12.1. The lowest BCUT2D eigenvalue weighted by atomic mass is 9.76. The highest BCUT2D eigenvalue weighted by molar-refractivity contribution is 8.14. The van der Waals surface area contributed by atoms with E-state index in [9.17, 15) is 4.79 Å². The van der Waals surface area contributed by atoms with Crippen LogP contribution in [0, 0.1) is 5.92 Å². The largest absolute Gasteiger partial charge is 0.444 e. The lowest BCUT2D eigenvalue weighted by molar-refractivity contribution is 0.0182. The first-order valence-electron chi connectivity index (χ1n) is 13.1. The van der Waals surface area contributed by atoms with Gasteiger partial charge in [0.25, 0.3) is 0 Å². The maximum atomic E-state index is 13.1. The molecule has 1 aromatic rings. The van der Waals surface area contributed by atoms with Gasteiger partial charge >= 0.3 is 6.09 Å². The van der Waals surface area contributed by atoms with Crippen molar-refractivity contribution >= 4 is 28.3 Å². The number of amides is 1. The highest BCUT2D eigenvalue weighted by Crippen LogP contribution is 2.39. The molecule has 5 heteroatoms. The quantitative estimate of drug-likeness (QED) is 0.396. The van der Waals surface area contributed by atoms with Crippen LogP contribution in [-0.4, -0.2) is 45.5 Å². The van der Waals surface area contributed by atoms with Crippen molar-refractivity contribution in [2.45, 2.75) is 115 Å². The molecule has 1 amide bonds. The molecule has 0 spiro atoms. The summed E-state index contributed by atoms with van der Waals surface area (Å²) in [6.45, 7) is 13.2. The monoisotopic (exact) mass is 486 g/mol. The van der Waals surface area contributed by atoms with Gasteiger partial charge in [0.2, 0.25) is 0 Å². The third-order valence-electron chi connectivity index (χ3n) is 7.12. The van der Waals surface area contributed by atoms with E-state index in [2.05, 4.69) is 57.0 Å². The molecule has 0 radical (unpaired) electrons. The van der Waals surface area contributed by atoms with E-state index in [0.717, 1.165) is 43.9 Å². The number of nitrogens with zero attached hydrogens (tertiary/aromatic N) is 2. The van der Waals surface area contributed by atoms with E-state index in [1.165, 1.54) is 31.2 Å². The topological polar surface area (TPSA) is 41.9 Å². The normalized spacial score (nSPS) is 26.4. The van der Waals surface area contributed by atoms with Crippen LogP contribution in [0.3, 0.4) is 0 Å². The average molecular weight is 487 g/mol. The fourth-order valence-corrected chi connectivity index (χ4v) is 5.85. The van der Waals surface area contributed by atoms with Crippen LogP contribution in [0.15, 0.2) is 34.7 Å². The van der Waals surface area contributed by atoms with E-state index in [0.29, 0.717) is 5.92 Å². The van der Waals surface area contributed by atoms with Gasteiger partial charge in [-0.2, -0.15) is 0 Å². The number of benzene rings is 1. The molecule has 1 saturated carbocycles. The summed E-state index contributed by atoms with van der Waals surface area (Å²) in [4.78, 5) is 15.1. The van der Waals surface area contributed by atoms with Crippen LogP contribution in [0.4, 0.5) is 4.79 Å². The molecule has 1 aromatic carbocycles. The van der Waals surface area contributed by atoms with Crippen LogP contribution in [0.5, 0.6) is 0 Å². The van der Waals surface area contributed by atoms with Crippen molar-refractivity contribution in [3.05, 3.63) is 35.9 Å². The summed E-state index contributed by atoms with van der Waals surface area (Å²) in [5, 5.41) is 0. The highest BCUT2D eigenvalue weighted by atomic mass is 32.2. The zero-order valence-corrected chi connectivity index (χ0v) is 23.1. The Morgan fingerprint density at radius 3 is 2.29 bits per heavy atom. The molecule has 190 valence electrons. The first-order valence-corrected chi connectivity index (χ1v) is 14.5.